The molecular formula is C15H22N2O3S. The third-order valence-corrected chi connectivity index (χ3v) is 4.34. The highest BCUT2D eigenvalue weighted by atomic mass is 32.2. The number of nitrogens with one attached hydrogen (secondary N) is 1. The molecule has 21 heavy (non-hydrogen) atoms. The average molecular weight is 310 g/mol. The number of hydrogen-bond donors (Lipinski definition) is 1. The van der Waals surface area contributed by atoms with Crippen LogP contribution in [0.3, 0.4) is 0 Å². The zero-order chi connectivity index (χ0) is 15.8. The van der Waals surface area contributed by atoms with E-state index in [1.165, 1.54) is 17.8 Å². The lowest BCUT2D eigenvalue weighted by Crippen LogP contribution is -2.33. The molecule has 1 N–H and O–H groups in total. The Kier molecular flexibility index (Phi) is 7.22. The van der Waals surface area contributed by atoms with Crippen molar-refractivity contribution in [2.24, 2.45) is 0 Å². The topological polar surface area (TPSA) is 72.2 Å². The Morgan fingerprint density at radius 2 is 2.14 bits per heavy atom. The highest BCUT2D eigenvalue weighted by Crippen LogP contribution is 2.29. The number of thioether (sulfide) groups is 1. The van der Waals surface area contributed by atoms with Crippen LogP contribution >= 0.6 is 11.8 Å². The van der Waals surface area contributed by atoms with Gasteiger partial charge in [-0.05, 0) is 25.8 Å². The number of nitrogens with zero attached hydrogens (tertiary/aromatic N) is 1. The molecule has 0 bridgehead atoms. The minimum absolute atomic E-state index is 0.0123. The molecule has 0 saturated carbocycles. The normalized spacial score (nSPS) is 13.5. The standard InChI is InChI=1S/C15H22N2O3S/c1-4-6-11(2)16-15(18)10-21-12(3)13-7-5-8-14(9-13)17(19)20/h5,7-9,11-12H,4,6,10H2,1-3H3,(H,16,18)/t11-,12-/m1/s1. The van der Waals surface area contributed by atoms with Gasteiger partial charge in [0.2, 0.25) is 5.91 Å². The molecule has 1 aromatic carbocycles. The number of amides is 1. The van der Waals surface area contributed by atoms with E-state index in [9.17, 15) is 14.9 Å². The number of non-ortho nitro benzene ring substituents is 1. The zero-order valence-corrected chi connectivity index (χ0v) is 13.5. The van der Waals surface area contributed by atoms with Crippen molar-refractivity contribution < 1.29 is 9.72 Å². The van der Waals surface area contributed by atoms with Crippen LogP contribution in [0.15, 0.2) is 24.3 Å². The lowest BCUT2D eigenvalue weighted by atomic mass is 10.1. The molecule has 1 aromatic rings. The molecule has 116 valence electrons. The summed E-state index contributed by atoms with van der Waals surface area (Å²) in [5.41, 5.74) is 0.949. The van der Waals surface area contributed by atoms with E-state index >= 15 is 0 Å². The van der Waals surface area contributed by atoms with Gasteiger partial charge < -0.3 is 5.32 Å². The molecule has 1 amide bonds. The van der Waals surface area contributed by atoms with Crippen molar-refractivity contribution in [1.82, 2.24) is 5.32 Å². The van der Waals surface area contributed by atoms with E-state index in [4.69, 9.17) is 0 Å². The summed E-state index contributed by atoms with van der Waals surface area (Å²) < 4.78 is 0. The van der Waals surface area contributed by atoms with Gasteiger partial charge in [0, 0.05) is 23.4 Å². The van der Waals surface area contributed by atoms with Crippen LogP contribution in [0.4, 0.5) is 5.69 Å². The van der Waals surface area contributed by atoms with E-state index in [-0.39, 0.29) is 22.9 Å². The smallest absolute Gasteiger partial charge is 0.269 e. The highest BCUT2D eigenvalue weighted by Gasteiger charge is 2.13. The number of hydrogen-bond acceptors (Lipinski definition) is 4. The van der Waals surface area contributed by atoms with Crippen molar-refractivity contribution in [3.8, 4) is 0 Å². The second-order valence-corrected chi connectivity index (χ2v) is 6.39. The van der Waals surface area contributed by atoms with Gasteiger partial charge in [-0.25, -0.2) is 0 Å². The molecule has 0 unspecified atom stereocenters. The molecule has 6 heteroatoms. The van der Waals surface area contributed by atoms with E-state index in [2.05, 4.69) is 12.2 Å². The van der Waals surface area contributed by atoms with E-state index in [0.29, 0.717) is 5.75 Å². The quantitative estimate of drug-likeness (QED) is 0.587. The molecule has 0 aliphatic carbocycles. The van der Waals surface area contributed by atoms with Crippen LogP contribution in [0.1, 0.15) is 44.4 Å². The van der Waals surface area contributed by atoms with Crippen LogP contribution in [0.2, 0.25) is 0 Å². The minimum atomic E-state index is -0.403. The average Bonchev–Trinajstić information content (AvgIpc) is 2.45. The Labute approximate surface area is 129 Å². The molecule has 0 fully saturated rings. The van der Waals surface area contributed by atoms with Crippen molar-refractivity contribution in [1.29, 1.82) is 0 Å². The molecule has 0 aliphatic rings. The van der Waals surface area contributed by atoms with Gasteiger partial charge in [0.25, 0.3) is 5.69 Å². The summed E-state index contributed by atoms with van der Waals surface area (Å²) in [7, 11) is 0. The molecular weight excluding hydrogens is 288 g/mol. The van der Waals surface area contributed by atoms with E-state index in [1.807, 2.05) is 19.9 Å². The fourth-order valence-corrected chi connectivity index (χ4v) is 2.83. The first-order valence-electron chi connectivity index (χ1n) is 7.09. The first-order chi connectivity index (χ1) is 9.93. The number of nitro benzene ring substituents is 1. The number of rotatable bonds is 8. The van der Waals surface area contributed by atoms with E-state index in [1.54, 1.807) is 12.1 Å². The van der Waals surface area contributed by atoms with Crippen molar-refractivity contribution in [2.45, 2.75) is 44.9 Å². The number of carbonyl (C=O) groups excluding carboxylic acids is 1. The lowest BCUT2D eigenvalue weighted by Gasteiger charge is -2.15. The lowest BCUT2D eigenvalue weighted by molar-refractivity contribution is -0.384. The van der Waals surface area contributed by atoms with Gasteiger partial charge in [0.15, 0.2) is 0 Å². The third-order valence-electron chi connectivity index (χ3n) is 3.14. The fraction of sp³-hybridized carbons (Fsp3) is 0.533. The molecule has 0 aliphatic heterocycles. The van der Waals surface area contributed by atoms with Gasteiger partial charge in [0.1, 0.15) is 0 Å². The SMILES string of the molecule is CCC[C@@H](C)NC(=O)CS[C@H](C)c1cccc([N+](=O)[O-])c1. The van der Waals surface area contributed by atoms with E-state index in [0.717, 1.165) is 18.4 Å². The molecule has 0 aromatic heterocycles. The Balaban J connectivity index is 2.50. The first-order valence-corrected chi connectivity index (χ1v) is 8.14. The van der Waals surface area contributed by atoms with Gasteiger partial charge in [-0.15, -0.1) is 11.8 Å². The monoisotopic (exact) mass is 310 g/mol. The Bertz CT molecular complexity index is 494. The molecule has 0 spiro atoms. The zero-order valence-electron chi connectivity index (χ0n) is 12.7. The molecule has 2 atom stereocenters. The summed E-state index contributed by atoms with van der Waals surface area (Å²) in [6, 6.07) is 6.75. The third kappa shape index (κ3) is 6.16. The molecule has 0 radical (unpaired) electrons. The summed E-state index contributed by atoms with van der Waals surface area (Å²) in [5.74, 6) is 0.371. The maximum Gasteiger partial charge on any atom is 0.269 e. The van der Waals surface area contributed by atoms with Crippen molar-refractivity contribution >= 4 is 23.4 Å². The summed E-state index contributed by atoms with van der Waals surface area (Å²) in [5, 5.41) is 13.7. The second kappa shape index (κ2) is 8.67. The van der Waals surface area contributed by atoms with Crippen molar-refractivity contribution in [3.05, 3.63) is 39.9 Å². The number of carbonyl (C=O) groups is 1. The van der Waals surface area contributed by atoms with Crippen LogP contribution in [-0.2, 0) is 4.79 Å². The Morgan fingerprint density at radius 1 is 1.43 bits per heavy atom. The Hall–Kier alpha value is -1.56. The van der Waals surface area contributed by atoms with Crippen LogP contribution < -0.4 is 5.32 Å². The maximum atomic E-state index is 11.8. The summed E-state index contributed by atoms with van der Waals surface area (Å²) in [4.78, 5) is 22.2. The molecule has 5 nitrogen and oxygen atoms in total. The predicted octanol–water partition coefficient (Wildman–Crippen LogP) is 3.69. The Morgan fingerprint density at radius 3 is 2.76 bits per heavy atom. The minimum Gasteiger partial charge on any atom is -0.353 e. The predicted molar refractivity (Wildman–Crippen MR) is 86.5 cm³/mol. The molecule has 0 heterocycles. The van der Waals surface area contributed by atoms with Crippen LogP contribution in [0.25, 0.3) is 0 Å². The van der Waals surface area contributed by atoms with Gasteiger partial charge in [-0.3, -0.25) is 14.9 Å². The number of benzene rings is 1. The second-order valence-electron chi connectivity index (χ2n) is 5.06. The first kappa shape index (κ1) is 17.5. The van der Waals surface area contributed by atoms with Crippen LogP contribution in [-0.4, -0.2) is 22.6 Å². The fourth-order valence-electron chi connectivity index (χ4n) is 2.01. The van der Waals surface area contributed by atoms with Gasteiger partial charge in [-0.2, -0.15) is 0 Å². The van der Waals surface area contributed by atoms with Crippen molar-refractivity contribution in [3.63, 3.8) is 0 Å². The van der Waals surface area contributed by atoms with Gasteiger partial charge in [0.05, 0.1) is 10.7 Å². The largest absolute Gasteiger partial charge is 0.353 e. The summed E-state index contributed by atoms with van der Waals surface area (Å²) in [6.45, 7) is 6.03. The van der Waals surface area contributed by atoms with E-state index < -0.39 is 4.92 Å². The summed E-state index contributed by atoms with van der Waals surface area (Å²) in [6.07, 6.45) is 2.01. The highest BCUT2D eigenvalue weighted by molar-refractivity contribution is 8.00. The van der Waals surface area contributed by atoms with Gasteiger partial charge in [-0.1, -0.05) is 25.5 Å². The van der Waals surface area contributed by atoms with Crippen LogP contribution in [0.5, 0.6) is 0 Å². The molecule has 0 saturated heterocycles. The number of nitro groups is 1. The van der Waals surface area contributed by atoms with Crippen molar-refractivity contribution in [2.75, 3.05) is 5.75 Å². The van der Waals surface area contributed by atoms with Gasteiger partial charge >= 0.3 is 0 Å². The maximum absolute atomic E-state index is 11.8. The summed E-state index contributed by atoms with van der Waals surface area (Å²) >= 11 is 1.48. The van der Waals surface area contributed by atoms with Crippen LogP contribution in [0, 0.1) is 10.1 Å². The molecule has 1 rings (SSSR count).